The van der Waals surface area contributed by atoms with Crippen molar-refractivity contribution in [2.24, 2.45) is 10.7 Å². The fourth-order valence-corrected chi connectivity index (χ4v) is 2.72. The molecule has 1 unspecified atom stereocenters. The lowest BCUT2D eigenvalue weighted by atomic mass is 10.1. The van der Waals surface area contributed by atoms with Crippen LogP contribution in [0.25, 0.3) is 0 Å². The molecule has 84 valence electrons. The van der Waals surface area contributed by atoms with Crippen molar-refractivity contribution in [3.8, 4) is 0 Å². The Hall–Kier alpha value is -0.830. The van der Waals surface area contributed by atoms with Gasteiger partial charge in [-0.2, -0.15) is 0 Å². The van der Waals surface area contributed by atoms with Crippen LogP contribution in [-0.2, 0) is 0 Å². The summed E-state index contributed by atoms with van der Waals surface area (Å²) in [6.07, 6.45) is 1.95. The van der Waals surface area contributed by atoms with Crippen molar-refractivity contribution in [1.82, 2.24) is 0 Å². The average Bonchev–Trinajstić information content (AvgIpc) is 2.45. The van der Waals surface area contributed by atoms with Crippen molar-refractivity contribution in [2.75, 3.05) is 0 Å². The third-order valence-corrected chi connectivity index (χ3v) is 3.38. The first kappa shape index (κ1) is 12.2. The van der Waals surface area contributed by atoms with Crippen LogP contribution in [-0.4, -0.2) is 5.84 Å². The number of nitrogens with zero attached hydrogens (tertiary/aromatic N) is 1. The van der Waals surface area contributed by atoms with Crippen LogP contribution in [0.5, 0.6) is 0 Å². The van der Waals surface area contributed by atoms with Crippen molar-refractivity contribution in [3.63, 3.8) is 0 Å². The van der Waals surface area contributed by atoms with Gasteiger partial charge in [0, 0.05) is 16.2 Å². The molecule has 0 aliphatic heterocycles. The number of rotatable bonds is 4. The quantitative estimate of drug-likeness (QED) is 0.616. The Bertz CT molecular complexity index is 353. The van der Waals surface area contributed by atoms with Gasteiger partial charge in [-0.15, -0.1) is 11.3 Å². The summed E-state index contributed by atoms with van der Waals surface area (Å²) in [6, 6.07) is 2.41. The molecule has 3 heteroatoms. The number of hydrogen-bond acceptors (Lipinski definition) is 2. The SMILES string of the molecule is CCCC(N)=NC(C)c1cc(C)sc1C. The van der Waals surface area contributed by atoms with Gasteiger partial charge in [0.2, 0.25) is 0 Å². The smallest absolute Gasteiger partial charge is 0.0944 e. The van der Waals surface area contributed by atoms with Crippen LogP contribution in [0.4, 0.5) is 0 Å². The van der Waals surface area contributed by atoms with Crippen molar-refractivity contribution in [1.29, 1.82) is 0 Å². The third kappa shape index (κ3) is 3.34. The summed E-state index contributed by atoms with van der Waals surface area (Å²) in [4.78, 5) is 7.21. The van der Waals surface area contributed by atoms with E-state index in [9.17, 15) is 0 Å². The largest absolute Gasteiger partial charge is 0.387 e. The van der Waals surface area contributed by atoms with Gasteiger partial charge in [-0.25, -0.2) is 0 Å². The van der Waals surface area contributed by atoms with Gasteiger partial charge >= 0.3 is 0 Å². The van der Waals surface area contributed by atoms with Crippen LogP contribution in [0, 0.1) is 13.8 Å². The molecule has 1 rings (SSSR count). The highest BCUT2D eigenvalue weighted by Gasteiger charge is 2.10. The topological polar surface area (TPSA) is 38.4 Å². The second-order valence-electron chi connectivity index (χ2n) is 3.91. The van der Waals surface area contributed by atoms with E-state index in [2.05, 4.69) is 38.8 Å². The summed E-state index contributed by atoms with van der Waals surface area (Å²) in [5, 5.41) is 0. The van der Waals surface area contributed by atoms with E-state index in [1.165, 1.54) is 15.3 Å². The van der Waals surface area contributed by atoms with Gasteiger partial charge < -0.3 is 5.73 Å². The molecule has 2 N–H and O–H groups in total. The van der Waals surface area contributed by atoms with Gasteiger partial charge in [-0.3, -0.25) is 4.99 Å². The molecule has 1 heterocycles. The lowest BCUT2D eigenvalue weighted by molar-refractivity contribution is 0.804. The Morgan fingerprint density at radius 1 is 1.53 bits per heavy atom. The molecule has 0 aliphatic carbocycles. The minimum absolute atomic E-state index is 0.196. The maximum atomic E-state index is 5.83. The zero-order chi connectivity index (χ0) is 11.4. The second kappa shape index (κ2) is 5.31. The van der Waals surface area contributed by atoms with Crippen molar-refractivity contribution >= 4 is 17.2 Å². The molecular weight excluding hydrogens is 204 g/mol. The number of aryl methyl sites for hydroxylation is 2. The summed E-state index contributed by atoms with van der Waals surface area (Å²) >= 11 is 1.83. The third-order valence-electron chi connectivity index (χ3n) is 2.40. The molecule has 1 atom stereocenters. The molecule has 2 nitrogen and oxygen atoms in total. The van der Waals surface area contributed by atoms with Crippen molar-refractivity contribution in [3.05, 3.63) is 21.4 Å². The maximum absolute atomic E-state index is 5.83. The highest BCUT2D eigenvalue weighted by atomic mass is 32.1. The van der Waals surface area contributed by atoms with Gasteiger partial charge in [0.05, 0.1) is 11.9 Å². The molecule has 0 radical (unpaired) electrons. The van der Waals surface area contributed by atoms with E-state index in [0.29, 0.717) is 0 Å². The molecule has 0 aromatic carbocycles. The zero-order valence-corrected chi connectivity index (χ0v) is 10.8. The van der Waals surface area contributed by atoms with E-state index in [-0.39, 0.29) is 6.04 Å². The number of amidine groups is 1. The van der Waals surface area contributed by atoms with Crippen LogP contribution in [0.3, 0.4) is 0 Å². The standard InChI is InChI=1S/C12H20N2S/c1-5-6-12(13)14-9(3)11-7-8(2)15-10(11)4/h7,9H,5-6H2,1-4H3,(H2,13,14). The average molecular weight is 224 g/mol. The highest BCUT2D eigenvalue weighted by Crippen LogP contribution is 2.28. The van der Waals surface area contributed by atoms with Crippen LogP contribution >= 0.6 is 11.3 Å². The van der Waals surface area contributed by atoms with Gasteiger partial charge in [0.1, 0.15) is 0 Å². The second-order valence-corrected chi connectivity index (χ2v) is 5.38. The molecule has 15 heavy (non-hydrogen) atoms. The number of hydrogen-bond donors (Lipinski definition) is 1. The van der Waals surface area contributed by atoms with Gasteiger partial charge in [0.25, 0.3) is 0 Å². The predicted octanol–water partition coefficient (Wildman–Crippen LogP) is 3.58. The molecule has 0 bridgehead atoms. The van der Waals surface area contributed by atoms with Crippen molar-refractivity contribution in [2.45, 2.75) is 46.6 Å². The molecular formula is C12H20N2S. The van der Waals surface area contributed by atoms with Crippen LogP contribution in [0.1, 0.15) is 48.0 Å². The lowest BCUT2D eigenvalue weighted by Gasteiger charge is -2.07. The Kier molecular flexibility index (Phi) is 4.33. The fourth-order valence-electron chi connectivity index (χ4n) is 1.70. The van der Waals surface area contributed by atoms with Crippen LogP contribution in [0.2, 0.25) is 0 Å². The van der Waals surface area contributed by atoms with E-state index >= 15 is 0 Å². The molecule has 1 aromatic rings. The molecule has 0 saturated carbocycles. The first-order valence-corrected chi connectivity index (χ1v) is 6.25. The van der Waals surface area contributed by atoms with E-state index in [1.54, 1.807) is 0 Å². The summed E-state index contributed by atoms with van der Waals surface area (Å²) in [5.74, 6) is 0.772. The molecule has 0 aliphatic rings. The normalized spacial score (nSPS) is 14.3. The first-order chi connectivity index (χ1) is 7.04. The minimum atomic E-state index is 0.196. The summed E-state index contributed by atoms with van der Waals surface area (Å²) in [5.41, 5.74) is 7.15. The Balaban J connectivity index is 2.80. The summed E-state index contributed by atoms with van der Waals surface area (Å²) in [7, 11) is 0. The monoisotopic (exact) mass is 224 g/mol. The van der Waals surface area contributed by atoms with Crippen LogP contribution < -0.4 is 5.73 Å². The molecule has 0 amide bonds. The minimum Gasteiger partial charge on any atom is -0.387 e. The van der Waals surface area contributed by atoms with Gasteiger partial charge in [-0.1, -0.05) is 6.92 Å². The summed E-state index contributed by atoms with van der Waals surface area (Å²) < 4.78 is 0. The van der Waals surface area contributed by atoms with E-state index in [4.69, 9.17) is 5.73 Å². The van der Waals surface area contributed by atoms with Crippen molar-refractivity contribution < 1.29 is 0 Å². The Morgan fingerprint density at radius 2 is 2.20 bits per heavy atom. The molecule has 0 saturated heterocycles. The Morgan fingerprint density at radius 3 is 2.67 bits per heavy atom. The molecule has 0 spiro atoms. The van der Waals surface area contributed by atoms with E-state index < -0.39 is 0 Å². The number of nitrogens with two attached hydrogens (primary N) is 1. The van der Waals surface area contributed by atoms with Gasteiger partial charge in [-0.05, 0) is 38.8 Å². The first-order valence-electron chi connectivity index (χ1n) is 5.43. The number of thiophene rings is 1. The highest BCUT2D eigenvalue weighted by molar-refractivity contribution is 7.12. The molecule has 0 fully saturated rings. The zero-order valence-electron chi connectivity index (χ0n) is 10.0. The van der Waals surface area contributed by atoms with Crippen LogP contribution in [0.15, 0.2) is 11.1 Å². The Labute approximate surface area is 96.2 Å². The fraction of sp³-hybridized carbons (Fsp3) is 0.583. The lowest BCUT2D eigenvalue weighted by Crippen LogP contribution is -2.12. The predicted molar refractivity (Wildman–Crippen MR) is 68.7 cm³/mol. The summed E-state index contributed by atoms with van der Waals surface area (Å²) in [6.45, 7) is 8.51. The van der Waals surface area contributed by atoms with E-state index in [0.717, 1.165) is 18.7 Å². The maximum Gasteiger partial charge on any atom is 0.0944 e. The van der Waals surface area contributed by atoms with E-state index in [1.807, 2.05) is 11.3 Å². The number of aliphatic imine (C=N–C) groups is 1. The van der Waals surface area contributed by atoms with Gasteiger partial charge in [0.15, 0.2) is 0 Å². The molecule has 1 aromatic heterocycles.